The molecule has 86 valence electrons. The van der Waals surface area contributed by atoms with Gasteiger partial charge in [-0.15, -0.1) is 11.3 Å². The maximum atomic E-state index is 5.02. The molecular formula is C11H15N3OS. The van der Waals surface area contributed by atoms with Crippen LogP contribution in [0.4, 0.5) is 5.13 Å². The van der Waals surface area contributed by atoms with Crippen LogP contribution in [0.25, 0.3) is 0 Å². The fourth-order valence-corrected chi connectivity index (χ4v) is 2.17. The molecule has 0 unspecified atom stereocenters. The number of anilines is 1. The van der Waals surface area contributed by atoms with Gasteiger partial charge in [0.15, 0.2) is 5.13 Å². The third-order valence-electron chi connectivity index (χ3n) is 2.35. The molecule has 0 spiro atoms. The first-order chi connectivity index (χ1) is 7.75. The highest BCUT2D eigenvalue weighted by atomic mass is 32.1. The molecule has 0 aliphatic carbocycles. The van der Waals surface area contributed by atoms with E-state index in [4.69, 9.17) is 4.52 Å². The monoisotopic (exact) mass is 237 g/mol. The van der Waals surface area contributed by atoms with Crippen molar-refractivity contribution < 1.29 is 4.52 Å². The smallest absolute Gasteiger partial charge is 0.184 e. The number of aryl methyl sites for hydroxylation is 2. The van der Waals surface area contributed by atoms with E-state index < -0.39 is 0 Å². The summed E-state index contributed by atoms with van der Waals surface area (Å²) < 4.78 is 5.02. The number of hydrogen-bond acceptors (Lipinski definition) is 5. The van der Waals surface area contributed by atoms with E-state index >= 15 is 0 Å². The first kappa shape index (κ1) is 11.1. The largest absolute Gasteiger partial charge is 0.361 e. The van der Waals surface area contributed by atoms with Crippen molar-refractivity contribution in [1.29, 1.82) is 0 Å². The van der Waals surface area contributed by atoms with Crippen LogP contribution in [0, 0.1) is 6.92 Å². The van der Waals surface area contributed by atoms with E-state index in [1.165, 1.54) is 0 Å². The Bertz CT molecular complexity index is 424. The SMILES string of the molecule is Cc1cc(CCCN(C)c2nccs2)no1. The van der Waals surface area contributed by atoms with Crippen LogP contribution in [0.5, 0.6) is 0 Å². The molecular weight excluding hydrogens is 222 g/mol. The number of aromatic nitrogens is 2. The Morgan fingerprint density at radius 1 is 1.50 bits per heavy atom. The summed E-state index contributed by atoms with van der Waals surface area (Å²) in [6.45, 7) is 2.90. The first-order valence-electron chi connectivity index (χ1n) is 5.28. The van der Waals surface area contributed by atoms with Gasteiger partial charge in [0.2, 0.25) is 0 Å². The van der Waals surface area contributed by atoms with Gasteiger partial charge in [0, 0.05) is 31.2 Å². The van der Waals surface area contributed by atoms with Crippen molar-refractivity contribution in [3.8, 4) is 0 Å². The number of nitrogens with zero attached hydrogens (tertiary/aromatic N) is 3. The second kappa shape index (κ2) is 5.12. The summed E-state index contributed by atoms with van der Waals surface area (Å²) in [6.07, 6.45) is 3.84. The van der Waals surface area contributed by atoms with E-state index in [0.717, 1.165) is 36.0 Å². The molecule has 2 heterocycles. The van der Waals surface area contributed by atoms with Crippen LogP contribution in [0.1, 0.15) is 17.9 Å². The third-order valence-corrected chi connectivity index (χ3v) is 3.23. The molecule has 0 bridgehead atoms. The summed E-state index contributed by atoms with van der Waals surface area (Å²) in [7, 11) is 2.06. The molecule has 0 aliphatic rings. The molecule has 0 amide bonds. The molecule has 5 heteroatoms. The summed E-state index contributed by atoms with van der Waals surface area (Å²) in [5.41, 5.74) is 1.03. The van der Waals surface area contributed by atoms with Crippen LogP contribution in [0.15, 0.2) is 22.2 Å². The van der Waals surface area contributed by atoms with Crippen molar-refractivity contribution in [2.45, 2.75) is 19.8 Å². The molecule has 0 aliphatic heterocycles. The number of rotatable bonds is 5. The van der Waals surface area contributed by atoms with Gasteiger partial charge in [-0.25, -0.2) is 4.98 Å². The van der Waals surface area contributed by atoms with E-state index in [2.05, 4.69) is 22.1 Å². The summed E-state index contributed by atoms with van der Waals surface area (Å²) in [4.78, 5) is 6.42. The van der Waals surface area contributed by atoms with Crippen molar-refractivity contribution in [3.05, 3.63) is 29.1 Å². The molecule has 16 heavy (non-hydrogen) atoms. The van der Waals surface area contributed by atoms with Gasteiger partial charge < -0.3 is 9.42 Å². The Kier molecular flexibility index (Phi) is 3.56. The van der Waals surface area contributed by atoms with Crippen LogP contribution in [0.2, 0.25) is 0 Å². The van der Waals surface area contributed by atoms with Gasteiger partial charge in [-0.2, -0.15) is 0 Å². The lowest BCUT2D eigenvalue weighted by Crippen LogP contribution is -2.18. The lowest BCUT2D eigenvalue weighted by molar-refractivity contribution is 0.390. The molecule has 2 rings (SSSR count). The van der Waals surface area contributed by atoms with Gasteiger partial charge in [-0.05, 0) is 19.8 Å². The maximum Gasteiger partial charge on any atom is 0.184 e. The van der Waals surface area contributed by atoms with Gasteiger partial charge in [0.05, 0.1) is 5.69 Å². The van der Waals surface area contributed by atoms with Gasteiger partial charge in [0.1, 0.15) is 5.76 Å². The summed E-state index contributed by atoms with van der Waals surface area (Å²) in [5.74, 6) is 0.878. The van der Waals surface area contributed by atoms with Crippen molar-refractivity contribution >= 4 is 16.5 Å². The Morgan fingerprint density at radius 2 is 2.38 bits per heavy atom. The molecule has 4 nitrogen and oxygen atoms in total. The molecule has 2 aromatic heterocycles. The van der Waals surface area contributed by atoms with Gasteiger partial charge >= 0.3 is 0 Å². The van der Waals surface area contributed by atoms with Crippen molar-refractivity contribution in [2.24, 2.45) is 0 Å². The Morgan fingerprint density at radius 3 is 3.00 bits per heavy atom. The van der Waals surface area contributed by atoms with Gasteiger partial charge in [-0.3, -0.25) is 0 Å². The fourth-order valence-electron chi connectivity index (χ4n) is 1.53. The van der Waals surface area contributed by atoms with Crippen LogP contribution >= 0.6 is 11.3 Å². The number of thiazole rings is 1. The average Bonchev–Trinajstić information content (AvgIpc) is 2.89. The van der Waals surface area contributed by atoms with E-state index in [0.29, 0.717) is 0 Å². The highest BCUT2D eigenvalue weighted by Crippen LogP contribution is 2.15. The van der Waals surface area contributed by atoms with Crippen LogP contribution < -0.4 is 4.90 Å². The van der Waals surface area contributed by atoms with E-state index in [1.807, 2.05) is 24.6 Å². The molecule has 2 aromatic rings. The molecule has 0 radical (unpaired) electrons. The predicted octanol–water partition coefficient (Wildman–Crippen LogP) is 2.51. The van der Waals surface area contributed by atoms with Crippen LogP contribution in [-0.2, 0) is 6.42 Å². The zero-order valence-electron chi connectivity index (χ0n) is 9.51. The van der Waals surface area contributed by atoms with Crippen molar-refractivity contribution in [3.63, 3.8) is 0 Å². The Labute approximate surface area is 98.9 Å². The van der Waals surface area contributed by atoms with E-state index in [1.54, 1.807) is 11.3 Å². The Hall–Kier alpha value is -1.36. The highest BCUT2D eigenvalue weighted by Gasteiger charge is 2.04. The summed E-state index contributed by atoms with van der Waals surface area (Å²) in [5, 5.41) is 7.03. The first-order valence-corrected chi connectivity index (χ1v) is 6.16. The highest BCUT2D eigenvalue weighted by molar-refractivity contribution is 7.13. The minimum atomic E-state index is 0.878. The second-order valence-corrected chi connectivity index (χ2v) is 4.64. The molecule has 0 saturated carbocycles. The third kappa shape index (κ3) is 2.82. The molecule has 0 fully saturated rings. The quantitative estimate of drug-likeness (QED) is 0.801. The Balaban J connectivity index is 1.76. The second-order valence-electron chi connectivity index (χ2n) is 3.77. The zero-order chi connectivity index (χ0) is 11.4. The molecule has 0 aromatic carbocycles. The molecule has 0 saturated heterocycles. The van der Waals surface area contributed by atoms with Gasteiger partial charge in [0.25, 0.3) is 0 Å². The summed E-state index contributed by atoms with van der Waals surface area (Å²) >= 11 is 1.66. The van der Waals surface area contributed by atoms with E-state index in [9.17, 15) is 0 Å². The fraction of sp³-hybridized carbons (Fsp3) is 0.455. The van der Waals surface area contributed by atoms with Crippen molar-refractivity contribution in [1.82, 2.24) is 10.1 Å². The molecule has 0 N–H and O–H groups in total. The lowest BCUT2D eigenvalue weighted by Gasteiger charge is -2.14. The lowest BCUT2D eigenvalue weighted by atomic mass is 10.2. The zero-order valence-corrected chi connectivity index (χ0v) is 10.3. The minimum Gasteiger partial charge on any atom is -0.361 e. The predicted molar refractivity (Wildman–Crippen MR) is 64.9 cm³/mol. The van der Waals surface area contributed by atoms with Crippen LogP contribution in [0.3, 0.4) is 0 Å². The minimum absolute atomic E-state index is 0.878. The maximum absolute atomic E-state index is 5.02. The molecule has 0 atom stereocenters. The standard InChI is InChI=1S/C11H15N3OS/c1-9-8-10(13-15-9)4-3-6-14(2)11-12-5-7-16-11/h5,7-8H,3-4,6H2,1-2H3. The average molecular weight is 237 g/mol. The van der Waals surface area contributed by atoms with Crippen molar-refractivity contribution in [2.75, 3.05) is 18.5 Å². The summed E-state index contributed by atoms with van der Waals surface area (Å²) in [6, 6.07) is 1.99. The topological polar surface area (TPSA) is 42.2 Å². The van der Waals surface area contributed by atoms with Crippen LogP contribution in [-0.4, -0.2) is 23.7 Å². The van der Waals surface area contributed by atoms with Gasteiger partial charge in [-0.1, -0.05) is 5.16 Å². The van der Waals surface area contributed by atoms with E-state index in [-0.39, 0.29) is 0 Å². The number of hydrogen-bond donors (Lipinski definition) is 0. The normalized spacial score (nSPS) is 10.6.